The Bertz CT molecular complexity index is 877. The molecule has 0 spiro atoms. The van der Waals surface area contributed by atoms with Gasteiger partial charge in [0, 0.05) is 21.7 Å². The summed E-state index contributed by atoms with van der Waals surface area (Å²) in [5.74, 6) is 3.50. The van der Waals surface area contributed by atoms with Crippen molar-refractivity contribution in [3.05, 3.63) is 22.5 Å². The second kappa shape index (κ2) is 7.27. The third-order valence-corrected chi connectivity index (χ3v) is 6.22. The lowest BCUT2D eigenvalue weighted by atomic mass is 10.5. The molecule has 0 amide bonds. The lowest BCUT2D eigenvalue weighted by Crippen LogP contribution is -2.25. The average molecular weight is 377 g/mol. The number of hydrogen-bond donors (Lipinski definition) is 0. The third kappa shape index (κ3) is 5.39. The highest BCUT2D eigenvalue weighted by Crippen LogP contribution is 2.11. The van der Waals surface area contributed by atoms with Crippen LogP contribution in [-0.2, 0) is 18.5 Å². The van der Waals surface area contributed by atoms with Crippen LogP contribution in [0, 0.1) is 11.5 Å². The van der Waals surface area contributed by atoms with Crippen LogP contribution in [0.3, 0.4) is 0 Å². The first kappa shape index (κ1) is 19.6. The van der Waals surface area contributed by atoms with E-state index < -0.39 is 16.1 Å². The summed E-state index contributed by atoms with van der Waals surface area (Å²) in [5.41, 5.74) is 4.37. The lowest BCUT2D eigenvalue weighted by Gasteiger charge is -2.15. The molecule has 0 bridgehead atoms. The Labute approximate surface area is 151 Å². The zero-order chi connectivity index (χ0) is 18.8. The van der Waals surface area contributed by atoms with Crippen molar-refractivity contribution < 1.29 is 4.74 Å². The first-order valence-corrected chi connectivity index (χ1v) is 15.7. The van der Waals surface area contributed by atoms with Gasteiger partial charge in [0.25, 0.3) is 0 Å². The number of ether oxygens (including phenoxy) is 1. The zero-order valence-electron chi connectivity index (χ0n) is 16.3. The number of nitrogens with zero attached hydrogens (tertiary/aromatic N) is 4. The molecule has 2 rings (SSSR count). The van der Waals surface area contributed by atoms with Gasteiger partial charge in [-0.15, -0.1) is 5.54 Å². The normalized spacial score (nSPS) is 12.3. The summed E-state index contributed by atoms with van der Waals surface area (Å²) in [6.07, 6.45) is 1.67. The summed E-state index contributed by atoms with van der Waals surface area (Å²) in [7, 11) is -0.925. The van der Waals surface area contributed by atoms with Crippen LogP contribution < -0.4 is 5.69 Å². The number of aryl methyl sites for hydroxylation is 1. The van der Waals surface area contributed by atoms with Gasteiger partial charge < -0.3 is 4.74 Å². The van der Waals surface area contributed by atoms with Gasteiger partial charge in [0.1, 0.15) is 20.3 Å². The predicted octanol–water partition coefficient (Wildman–Crippen LogP) is 2.67. The van der Waals surface area contributed by atoms with E-state index in [9.17, 15) is 4.79 Å². The minimum Gasteiger partial charge on any atom is -0.361 e. The standard InChI is InChI=1S/C17H28N4O2Si2/c1-20-16-14(12-18-15(19-16)8-10-24(2,3)4)21(17(20)22)13-23-9-11-25(5,6)7/h12H,9,11,13H2,1-7H3. The predicted molar refractivity (Wildman–Crippen MR) is 107 cm³/mol. The molecule has 2 aromatic rings. The molecule has 0 saturated heterocycles. The monoisotopic (exact) mass is 376 g/mol. The molecule has 0 aliphatic rings. The Morgan fingerprint density at radius 3 is 2.48 bits per heavy atom. The molecule has 25 heavy (non-hydrogen) atoms. The molecule has 0 fully saturated rings. The van der Waals surface area contributed by atoms with E-state index in [1.165, 1.54) is 4.57 Å². The maximum atomic E-state index is 12.5. The van der Waals surface area contributed by atoms with E-state index in [4.69, 9.17) is 4.74 Å². The largest absolute Gasteiger partial charge is 0.361 e. The maximum Gasteiger partial charge on any atom is 0.332 e. The van der Waals surface area contributed by atoms with Crippen molar-refractivity contribution in [3.8, 4) is 11.5 Å². The summed E-state index contributed by atoms with van der Waals surface area (Å²) < 4.78 is 8.83. The molecule has 2 aromatic heterocycles. The number of hydrogen-bond acceptors (Lipinski definition) is 4. The first-order chi connectivity index (χ1) is 11.5. The minimum atomic E-state index is -1.50. The van der Waals surface area contributed by atoms with Gasteiger partial charge in [-0.2, -0.15) is 0 Å². The number of rotatable bonds is 5. The van der Waals surface area contributed by atoms with Crippen LogP contribution in [0.4, 0.5) is 0 Å². The minimum absolute atomic E-state index is 0.146. The average Bonchev–Trinajstić information content (AvgIpc) is 2.72. The van der Waals surface area contributed by atoms with Crippen molar-refractivity contribution >= 4 is 27.3 Å². The van der Waals surface area contributed by atoms with Crippen LogP contribution in [0.25, 0.3) is 11.2 Å². The molecular formula is C17H28N4O2Si2. The van der Waals surface area contributed by atoms with E-state index in [1.54, 1.807) is 17.8 Å². The summed E-state index contributed by atoms with van der Waals surface area (Å²) in [6.45, 7) is 14.3. The van der Waals surface area contributed by atoms with Crippen LogP contribution in [-0.4, -0.2) is 41.9 Å². The Morgan fingerprint density at radius 1 is 1.20 bits per heavy atom. The van der Waals surface area contributed by atoms with E-state index in [2.05, 4.69) is 60.7 Å². The van der Waals surface area contributed by atoms with Crippen molar-refractivity contribution in [3.63, 3.8) is 0 Å². The van der Waals surface area contributed by atoms with Gasteiger partial charge >= 0.3 is 5.69 Å². The third-order valence-electron chi connectivity index (χ3n) is 3.64. The second-order valence-electron chi connectivity index (χ2n) is 8.52. The highest BCUT2D eigenvalue weighted by Gasteiger charge is 2.15. The van der Waals surface area contributed by atoms with Gasteiger partial charge in [0.2, 0.25) is 5.82 Å². The van der Waals surface area contributed by atoms with Crippen LogP contribution in [0.15, 0.2) is 11.0 Å². The molecule has 6 nitrogen and oxygen atoms in total. The SMILES string of the molecule is Cn1c(=O)n(COCC[Si](C)(C)C)c2cnc(C#C[Si](C)(C)C)nc21. The van der Waals surface area contributed by atoms with E-state index in [0.29, 0.717) is 23.6 Å². The topological polar surface area (TPSA) is 61.9 Å². The van der Waals surface area contributed by atoms with E-state index in [-0.39, 0.29) is 12.4 Å². The highest BCUT2D eigenvalue weighted by molar-refractivity contribution is 6.83. The van der Waals surface area contributed by atoms with E-state index >= 15 is 0 Å². The summed E-state index contributed by atoms with van der Waals surface area (Å²) >= 11 is 0. The van der Waals surface area contributed by atoms with Crippen molar-refractivity contribution in [2.75, 3.05) is 6.61 Å². The summed E-state index contributed by atoms with van der Waals surface area (Å²) in [4.78, 5) is 21.2. The molecule has 0 N–H and O–H groups in total. The van der Waals surface area contributed by atoms with Crippen molar-refractivity contribution in [2.24, 2.45) is 7.05 Å². The van der Waals surface area contributed by atoms with Crippen LogP contribution in [0.5, 0.6) is 0 Å². The van der Waals surface area contributed by atoms with Gasteiger partial charge in [-0.25, -0.2) is 14.8 Å². The molecule has 8 heteroatoms. The van der Waals surface area contributed by atoms with Crippen molar-refractivity contribution in [2.45, 2.75) is 52.1 Å². The number of imidazole rings is 1. The van der Waals surface area contributed by atoms with Gasteiger partial charge in [-0.1, -0.05) is 39.3 Å². The molecule has 0 aliphatic heterocycles. The lowest BCUT2D eigenvalue weighted by molar-refractivity contribution is 0.0873. The molecule has 0 saturated carbocycles. The fourth-order valence-corrected chi connectivity index (χ4v) is 3.38. The molecule has 2 heterocycles. The molecule has 0 aliphatic carbocycles. The quantitative estimate of drug-likeness (QED) is 0.457. The molecular weight excluding hydrogens is 348 g/mol. The number of fused-ring (bicyclic) bond motifs is 1. The van der Waals surface area contributed by atoms with Crippen LogP contribution >= 0.6 is 0 Å². The highest BCUT2D eigenvalue weighted by atomic mass is 28.3. The van der Waals surface area contributed by atoms with Gasteiger partial charge in [0.15, 0.2) is 5.65 Å². The van der Waals surface area contributed by atoms with Crippen LogP contribution in [0.2, 0.25) is 45.3 Å². The molecule has 136 valence electrons. The van der Waals surface area contributed by atoms with Gasteiger partial charge in [0.05, 0.1) is 6.20 Å². The Hall–Kier alpha value is -1.70. The van der Waals surface area contributed by atoms with E-state index in [0.717, 1.165) is 6.04 Å². The first-order valence-electron chi connectivity index (χ1n) is 8.51. The summed E-state index contributed by atoms with van der Waals surface area (Å²) in [6, 6.07) is 1.07. The molecule has 0 atom stereocenters. The fourth-order valence-electron chi connectivity index (χ4n) is 2.14. The fraction of sp³-hybridized carbons (Fsp3) is 0.588. The molecule has 0 radical (unpaired) electrons. The van der Waals surface area contributed by atoms with Crippen LogP contribution in [0.1, 0.15) is 5.82 Å². The Balaban J connectivity index is 2.26. The van der Waals surface area contributed by atoms with Crippen molar-refractivity contribution in [1.29, 1.82) is 0 Å². The van der Waals surface area contributed by atoms with E-state index in [1.807, 2.05) is 0 Å². The Kier molecular flexibility index (Phi) is 5.71. The van der Waals surface area contributed by atoms with Gasteiger partial charge in [-0.05, 0) is 12.0 Å². The number of aromatic nitrogens is 4. The zero-order valence-corrected chi connectivity index (χ0v) is 18.3. The summed E-state index contributed by atoms with van der Waals surface area (Å²) in [5, 5.41) is 0. The van der Waals surface area contributed by atoms with Gasteiger partial charge in [-0.3, -0.25) is 9.13 Å². The Morgan fingerprint density at radius 2 is 1.88 bits per heavy atom. The maximum absolute atomic E-state index is 12.5. The van der Waals surface area contributed by atoms with Crippen molar-refractivity contribution in [1.82, 2.24) is 19.1 Å². The second-order valence-corrected chi connectivity index (χ2v) is 18.9. The smallest absolute Gasteiger partial charge is 0.332 e. The molecule has 0 unspecified atom stereocenters. The molecule has 0 aromatic carbocycles.